The summed E-state index contributed by atoms with van der Waals surface area (Å²) < 4.78 is 4.71. The van der Waals surface area contributed by atoms with Gasteiger partial charge in [0, 0.05) is 33.5 Å². The number of esters is 1. The Kier molecular flexibility index (Phi) is 5.58. The first-order valence-electron chi connectivity index (χ1n) is 6.07. The number of nitrogens with zero attached hydrogens (tertiary/aromatic N) is 3. The second-order valence-corrected chi connectivity index (χ2v) is 4.01. The van der Waals surface area contributed by atoms with E-state index in [-0.39, 0.29) is 0 Å². The summed E-state index contributed by atoms with van der Waals surface area (Å²) in [5.41, 5.74) is 1.15. The van der Waals surface area contributed by atoms with Gasteiger partial charge in [-0.15, -0.1) is 0 Å². The highest BCUT2D eigenvalue weighted by molar-refractivity contribution is 5.91. The quantitative estimate of drug-likeness (QED) is 0.486. The summed E-state index contributed by atoms with van der Waals surface area (Å²) in [6.07, 6.45) is 6.82. The van der Waals surface area contributed by atoms with Gasteiger partial charge in [0.05, 0.1) is 12.7 Å². The maximum Gasteiger partial charge on any atom is 0.339 e. The van der Waals surface area contributed by atoms with Crippen molar-refractivity contribution in [2.75, 3.05) is 38.6 Å². The number of hydrazine groups is 1. The molecule has 0 aromatic carbocycles. The van der Waals surface area contributed by atoms with Gasteiger partial charge in [-0.3, -0.25) is 10.0 Å². The number of ether oxygens (including phenoxy) is 1. The van der Waals surface area contributed by atoms with Crippen LogP contribution in [-0.4, -0.2) is 44.2 Å². The van der Waals surface area contributed by atoms with Crippen LogP contribution in [0.5, 0.6) is 0 Å². The monoisotopic (exact) mass is 276 g/mol. The molecule has 0 saturated carbocycles. The zero-order valence-electron chi connectivity index (χ0n) is 12.3. The van der Waals surface area contributed by atoms with Gasteiger partial charge in [-0.05, 0) is 12.1 Å². The molecule has 0 saturated heterocycles. The van der Waals surface area contributed by atoms with E-state index in [9.17, 15) is 4.79 Å². The number of hydrogen-bond donors (Lipinski definition) is 1. The highest BCUT2D eigenvalue weighted by Gasteiger charge is 2.15. The molecule has 6 nitrogen and oxygen atoms in total. The van der Waals surface area contributed by atoms with E-state index in [1.54, 1.807) is 19.2 Å². The number of carbonyl (C=O) groups is 1. The van der Waals surface area contributed by atoms with E-state index >= 15 is 0 Å². The van der Waals surface area contributed by atoms with E-state index in [2.05, 4.69) is 16.9 Å². The summed E-state index contributed by atoms with van der Waals surface area (Å²) in [7, 11) is 6.87. The van der Waals surface area contributed by atoms with Gasteiger partial charge < -0.3 is 10.1 Å². The average Bonchev–Trinajstić information content (AvgIpc) is 2.50. The van der Waals surface area contributed by atoms with Crippen molar-refractivity contribution in [2.45, 2.75) is 0 Å². The van der Waals surface area contributed by atoms with Crippen molar-refractivity contribution >= 4 is 17.5 Å². The molecule has 0 fully saturated rings. The van der Waals surface area contributed by atoms with Crippen molar-refractivity contribution in [3.8, 4) is 0 Å². The fraction of sp³-hybridized carbons (Fsp3) is 0.286. The van der Waals surface area contributed by atoms with Gasteiger partial charge in [0.1, 0.15) is 5.69 Å². The molecule has 0 radical (unpaired) electrons. The van der Waals surface area contributed by atoms with Crippen LogP contribution >= 0.6 is 0 Å². The molecule has 0 atom stereocenters. The van der Waals surface area contributed by atoms with Gasteiger partial charge in [-0.1, -0.05) is 12.7 Å². The fourth-order valence-corrected chi connectivity index (χ4v) is 1.58. The molecule has 0 amide bonds. The maximum atomic E-state index is 11.6. The molecule has 1 aromatic rings. The molecule has 20 heavy (non-hydrogen) atoms. The standard InChI is InChI=1S/C14H20N4O2/c1-6-7-8-17(3)18(4)12-9-11(14(19)20-5)10-16-13(12)15-2/h6-10H,1H2,2-5H3,(H,15,16)/b8-7-. The first-order valence-corrected chi connectivity index (χ1v) is 6.07. The van der Waals surface area contributed by atoms with Gasteiger partial charge in [0.2, 0.25) is 0 Å². The molecule has 1 rings (SSSR count). The molecule has 1 aromatic heterocycles. The number of pyridine rings is 1. The van der Waals surface area contributed by atoms with Crippen LogP contribution in [0.3, 0.4) is 0 Å². The molecule has 1 N–H and O–H groups in total. The van der Waals surface area contributed by atoms with Crippen molar-refractivity contribution < 1.29 is 9.53 Å². The Labute approximate surface area is 119 Å². The predicted octanol–water partition coefficient (Wildman–Crippen LogP) is 1.89. The van der Waals surface area contributed by atoms with Crippen LogP contribution in [0.25, 0.3) is 0 Å². The van der Waals surface area contributed by atoms with Crippen molar-refractivity contribution in [1.29, 1.82) is 0 Å². The summed E-state index contributed by atoms with van der Waals surface area (Å²) in [6.45, 7) is 3.63. The van der Waals surface area contributed by atoms with Gasteiger partial charge in [-0.2, -0.15) is 0 Å². The summed E-state index contributed by atoms with van der Waals surface area (Å²) >= 11 is 0. The fourth-order valence-electron chi connectivity index (χ4n) is 1.58. The molecule has 0 aliphatic carbocycles. The van der Waals surface area contributed by atoms with Crippen LogP contribution in [0.15, 0.2) is 37.2 Å². The second-order valence-electron chi connectivity index (χ2n) is 4.01. The summed E-state index contributed by atoms with van der Waals surface area (Å²) in [4.78, 5) is 15.8. The van der Waals surface area contributed by atoms with Gasteiger partial charge in [0.15, 0.2) is 5.82 Å². The number of anilines is 2. The third-order valence-corrected chi connectivity index (χ3v) is 2.79. The summed E-state index contributed by atoms with van der Waals surface area (Å²) in [5.74, 6) is 0.248. The van der Waals surface area contributed by atoms with Crippen molar-refractivity contribution in [3.05, 3.63) is 42.8 Å². The number of nitrogens with one attached hydrogen (secondary N) is 1. The SMILES string of the molecule is C=C/C=C\N(C)N(C)c1cc(C(=O)OC)cnc1NC. The molecule has 0 bridgehead atoms. The Morgan fingerprint density at radius 1 is 1.50 bits per heavy atom. The number of allylic oxidation sites excluding steroid dienone is 2. The zero-order valence-corrected chi connectivity index (χ0v) is 12.3. The van der Waals surface area contributed by atoms with E-state index in [1.165, 1.54) is 13.3 Å². The Bertz CT molecular complexity index is 514. The number of rotatable bonds is 6. The Morgan fingerprint density at radius 3 is 2.75 bits per heavy atom. The highest BCUT2D eigenvalue weighted by Crippen LogP contribution is 2.24. The van der Waals surface area contributed by atoms with Gasteiger partial charge >= 0.3 is 5.97 Å². The molecule has 108 valence electrons. The largest absolute Gasteiger partial charge is 0.465 e. The number of aromatic nitrogens is 1. The third-order valence-electron chi connectivity index (χ3n) is 2.79. The number of hydrogen-bond acceptors (Lipinski definition) is 6. The van der Waals surface area contributed by atoms with E-state index in [0.29, 0.717) is 11.4 Å². The molecule has 1 heterocycles. The minimum atomic E-state index is -0.418. The third kappa shape index (κ3) is 3.50. The van der Waals surface area contributed by atoms with E-state index < -0.39 is 5.97 Å². The summed E-state index contributed by atoms with van der Waals surface area (Å²) in [5, 5.41) is 6.70. The minimum absolute atomic E-state index is 0.398. The average molecular weight is 276 g/mol. The van der Waals surface area contributed by atoms with Crippen LogP contribution in [0.2, 0.25) is 0 Å². The Balaban J connectivity index is 3.15. The number of methoxy groups -OCH3 is 1. The normalized spacial score (nSPS) is 10.2. The first-order chi connectivity index (χ1) is 9.54. The summed E-state index contributed by atoms with van der Waals surface area (Å²) in [6, 6.07) is 1.73. The van der Waals surface area contributed by atoms with Crippen molar-refractivity contribution in [3.63, 3.8) is 0 Å². The molecule has 6 heteroatoms. The van der Waals surface area contributed by atoms with Gasteiger partial charge in [0.25, 0.3) is 0 Å². The lowest BCUT2D eigenvalue weighted by Crippen LogP contribution is -2.33. The van der Waals surface area contributed by atoms with Crippen LogP contribution in [0.4, 0.5) is 11.5 Å². The van der Waals surface area contributed by atoms with Crippen LogP contribution in [-0.2, 0) is 4.74 Å². The van der Waals surface area contributed by atoms with E-state index in [0.717, 1.165) is 5.69 Å². The predicted molar refractivity (Wildman–Crippen MR) is 80.6 cm³/mol. The second kappa shape index (κ2) is 7.18. The lowest BCUT2D eigenvalue weighted by molar-refractivity contribution is 0.0600. The topological polar surface area (TPSA) is 57.7 Å². The van der Waals surface area contributed by atoms with E-state index in [4.69, 9.17) is 4.74 Å². The highest BCUT2D eigenvalue weighted by atomic mass is 16.5. The molecular weight excluding hydrogens is 256 g/mol. The molecule has 0 aliphatic heterocycles. The minimum Gasteiger partial charge on any atom is -0.465 e. The molecule has 0 aliphatic rings. The smallest absolute Gasteiger partial charge is 0.339 e. The van der Waals surface area contributed by atoms with Crippen LogP contribution in [0, 0.1) is 0 Å². The molecule has 0 spiro atoms. The van der Waals surface area contributed by atoms with Gasteiger partial charge in [-0.25, -0.2) is 9.78 Å². The number of carbonyl (C=O) groups excluding carboxylic acids is 1. The Morgan fingerprint density at radius 2 is 2.20 bits per heavy atom. The van der Waals surface area contributed by atoms with Crippen molar-refractivity contribution in [2.24, 2.45) is 0 Å². The Hall–Kier alpha value is -2.50. The lowest BCUT2D eigenvalue weighted by atomic mass is 10.2. The molecular formula is C14H20N4O2. The van der Waals surface area contributed by atoms with E-state index in [1.807, 2.05) is 36.4 Å². The molecule has 0 unspecified atom stereocenters. The van der Waals surface area contributed by atoms with Crippen molar-refractivity contribution in [1.82, 2.24) is 9.99 Å². The van der Waals surface area contributed by atoms with Crippen LogP contribution in [0.1, 0.15) is 10.4 Å². The zero-order chi connectivity index (χ0) is 15.1. The lowest BCUT2D eigenvalue weighted by Gasteiger charge is -2.30. The van der Waals surface area contributed by atoms with Crippen LogP contribution < -0.4 is 10.3 Å². The first kappa shape index (κ1) is 15.6. The maximum absolute atomic E-state index is 11.6.